The second-order valence-electron chi connectivity index (χ2n) is 10.4. The van der Waals surface area contributed by atoms with Crippen LogP contribution in [-0.2, 0) is 15.8 Å². The Kier molecular flexibility index (Phi) is 8.80. The number of piperazine rings is 1. The number of benzene rings is 3. The molecule has 1 aliphatic rings. The quantitative estimate of drug-likeness (QED) is 0.340. The highest BCUT2D eigenvalue weighted by Gasteiger charge is 2.35. The minimum atomic E-state index is -3.59. The zero-order chi connectivity index (χ0) is 28.2. The molecule has 4 rings (SSSR count). The molecule has 204 valence electrons. The maximum absolute atomic E-state index is 13.5. The van der Waals surface area contributed by atoms with Gasteiger partial charge in [-0.1, -0.05) is 26.0 Å². The van der Waals surface area contributed by atoms with E-state index in [1.54, 1.807) is 40.7 Å². The van der Waals surface area contributed by atoms with Gasteiger partial charge in [0.05, 0.1) is 17.4 Å². The molecule has 1 atom stereocenters. The number of halogens is 1. The van der Waals surface area contributed by atoms with Gasteiger partial charge in [0.1, 0.15) is 5.82 Å². The van der Waals surface area contributed by atoms with E-state index in [2.05, 4.69) is 30.1 Å². The lowest BCUT2D eigenvalue weighted by atomic mass is 9.94. The third-order valence-electron chi connectivity index (χ3n) is 6.96. The molecule has 0 amide bonds. The van der Waals surface area contributed by atoms with Crippen molar-refractivity contribution in [1.29, 1.82) is 10.7 Å². The number of nitrogens with one attached hydrogen (secondary N) is 2. The van der Waals surface area contributed by atoms with Crippen molar-refractivity contribution in [3.63, 3.8) is 0 Å². The number of nitriles is 1. The standard InChI is InChI=1S/C30H34FN5O2S/c1-21(2)18-35-12-13-36(39(37,38)20-24-6-4-23(16-32)5-7-24)19-30(35)28-15-25(17-33)29(14-22(28)3)34-27-10-8-26(31)9-11-27/h4-11,14-15,17,21,30,33-34H,12-13,18-20H2,1-3H3/t30-/m1/s1. The Bertz CT molecular complexity index is 1460. The van der Waals surface area contributed by atoms with Crippen LogP contribution in [0, 0.1) is 35.4 Å². The Hall–Kier alpha value is -3.58. The molecular formula is C30H34FN5O2S. The molecule has 3 aromatic carbocycles. The summed E-state index contributed by atoms with van der Waals surface area (Å²) in [4.78, 5) is 2.33. The number of hydrogen-bond donors (Lipinski definition) is 2. The fourth-order valence-corrected chi connectivity index (χ4v) is 6.55. The average Bonchev–Trinajstić information content (AvgIpc) is 2.90. The van der Waals surface area contributed by atoms with E-state index >= 15 is 0 Å². The van der Waals surface area contributed by atoms with E-state index in [1.165, 1.54) is 18.3 Å². The fourth-order valence-electron chi connectivity index (χ4n) is 5.03. The van der Waals surface area contributed by atoms with Crippen molar-refractivity contribution in [2.24, 2.45) is 5.92 Å². The zero-order valence-electron chi connectivity index (χ0n) is 22.5. The smallest absolute Gasteiger partial charge is 0.218 e. The molecule has 0 bridgehead atoms. The molecule has 1 aliphatic heterocycles. The van der Waals surface area contributed by atoms with E-state index in [4.69, 9.17) is 10.7 Å². The van der Waals surface area contributed by atoms with Gasteiger partial charge in [-0.15, -0.1) is 0 Å². The van der Waals surface area contributed by atoms with E-state index in [0.29, 0.717) is 47.9 Å². The number of hydrogen-bond acceptors (Lipinski definition) is 6. The maximum atomic E-state index is 13.5. The highest BCUT2D eigenvalue weighted by molar-refractivity contribution is 7.88. The van der Waals surface area contributed by atoms with E-state index < -0.39 is 10.0 Å². The first kappa shape index (κ1) is 28.4. The van der Waals surface area contributed by atoms with Gasteiger partial charge in [0, 0.05) is 55.4 Å². The summed E-state index contributed by atoms with van der Waals surface area (Å²) >= 11 is 0. The lowest BCUT2D eigenvalue weighted by Gasteiger charge is -2.42. The van der Waals surface area contributed by atoms with Crippen LogP contribution < -0.4 is 5.32 Å². The van der Waals surface area contributed by atoms with Crippen molar-refractivity contribution in [2.75, 3.05) is 31.5 Å². The van der Waals surface area contributed by atoms with E-state index in [0.717, 1.165) is 23.4 Å². The summed E-state index contributed by atoms with van der Waals surface area (Å²) in [5, 5.41) is 20.4. The molecule has 3 aromatic rings. The summed E-state index contributed by atoms with van der Waals surface area (Å²) in [5.41, 5.74) is 5.22. The molecule has 39 heavy (non-hydrogen) atoms. The van der Waals surface area contributed by atoms with Crippen molar-refractivity contribution in [3.05, 3.63) is 94.3 Å². The highest BCUT2D eigenvalue weighted by atomic mass is 32.2. The molecule has 0 aliphatic carbocycles. The van der Waals surface area contributed by atoms with Gasteiger partial charge >= 0.3 is 0 Å². The van der Waals surface area contributed by atoms with E-state index in [1.807, 2.05) is 19.1 Å². The Morgan fingerprint density at radius 3 is 2.44 bits per heavy atom. The predicted molar refractivity (Wildman–Crippen MR) is 153 cm³/mol. The lowest BCUT2D eigenvalue weighted by Crippen LogP contribution is -2.51. The Morgan fingerprint density at radius 2 is 1.82 bits per heavy atom. The predicted octanol–water partition coefficient (Wildman–Crippen LogP) is 5.59. The summed E-state index contributed by atoms with van der Waals surface area (Å²) in [6, 6.07) is 18.5. The SMILES string of the molecule is Cc1cc(Nc2ccc(F)cc2)c(C=N)cc1[C@H]1CN(S(=O)(=O)Cc2ccc(C#N)cc2)CCN1CC(C)C. The number of anilines is 2. The van der Waals surface area contributed by atoms with Crippen molar-refractivity contribution >= 4 is 27.6 Å². The lowest BCUT2D eigenvalue weighted by molar-refractivity contribution is 0.105. The van der Waals surface area contributed by atoms with Gasteiger partial charge in [0.25, 0.3) is 0 Å². The molecule has 0 spiro atoms. The third-order valence-corrected chi connectivity index (χ3v) is 8.77. The van der Waals surface area contributed by atoms with Crippen LogP contribution in [-0.4, -0.2) is 50.0 Å². The summed E-state index contributed by atoms with van der Waals surface area (Å²) in [6.07, 6.45) is 1.28. The number of aryl methyl sites for hydroxylation is 1. The average molecular weight is 548 g/mol. The van der Waals surface area contributed by atoms with Crippen LogP contribution >= 0.6 is 0 Å². The molecule has 0 aromatic heterocycles. The third kappa shape index (κ3) is 6.90. The second-order valence-corrected chi connectivity index (χ2v) is 12.4. The first-order valence-corrected chi connectivity index (χ1v) is 14.6. The van der Waals surface area contributed by atoms with Crippen LogP contribution in [0.5, 0.6) is 0 Å². The van der Waals surface area contributed by atoms with Crippen LogP contribution in [0.4, 0.5) is 15.8 Å². The summed E-state index contributed by atoms with van der Waals surface area (Å²) in [6.45, 7) is 8.44. The van der Waals surface area contributed by atoms with Crippen LogP contribution in [0.3, 0.4) is 0 Å². The van der Waals surface area contributed by atoms with Gasteiger partial charge in [0.2, 0.25) is 10.0 Å². The fraction of sp³-hybridized carbons (Fsp3) is 0.333. The Balaban J connectivity index is 1.63. The minimum absolute atomic E-state index is 0.124. The van der Waals surface area contributed by atoms with Crippen molar-refractivity contribution in [3.8, 4) is 6.07 Å². The van der Waals surface area contributed by atoms with Crippen LogP contribution in [0.15, 0.2) is 60.7 Å². The van der Waals surface area contributed by atoms with Gasteiger partial charge in [-0.2, -0.15) is 9.57 Å². The van der Waals surface area contributed by atoms with Gasteiger partial charge in [-0.25, -0.2) is 12.8 Å². The van der Waals surface area contributed by atoms with Gasteiger partial charge in [0.15, 0.2) is 0 Å². The van der Waals surface area contributed by atoms with Crippen LogP contribution in [0.2, 0.25) is 0 Å². The second kappa shape index (κ2) is 12.1. The van der Waals surface area contributed by atoms with Crippen molar-refractivity contribution in [1.82, 2.24) is 9.21 Å². The largest absolute Gasteiger partial charge is 0.355 e. The number of nitrogens with zero attached hydrogens (tertiary/aromatic N) is 3. The summed E-state index contributed by atoms with van der Waals surface area (Å²) in [5.74, 6) is -0.0437. The molecule has 0 unspecified atom stereocenters. The molecule has 1 heterocycles. The van der Waals surface area contributed by atoms with E-state index in [9.17, 15) is 12.8 Å². The molecular weight excluding hydrogens is 513 g/mol. The molecule has 7 nitrogen and oxygen atoms in total. The molecule has 0 saturated carbocycles. The molecule has 1 fully saturated rings. The van der Waals surface area contributed by atoms with Crippen LogP contribution in [0.25, 0.3) is 0 Å². The first-order valence-electron chi connectivity index (χ1n) is 13.0. The Labute approximate surface area is 230 Å². The number of sulfonamides is 1. The monoisotopic (exact) mass is 547 g/mol. The topological polar surface area (TPSA) is 100 Å². The normalized spacial score (nSPS) is 16.7. The van der Waals surface area contributed by atoms with Gasteiger partial charge in [-0.3, -0.25) is 4.90 Å². The van der Waals surface area contributed by atoms with Gasteiger partial charge in [-0.05, 0) is 78.1 Å². The van der Waals surface area contributed by atoms with Crippen LogP contribution in [0.1, 0.15) is 47.7 Å². The highest BCUT2D eigenvalue weighted by Crippen LogP contribution is 2.34. The maximum Gasteiger partial charge on any atom is 0.218 e. The molecule has 0 radical (unpaired) electrons. The van der Waals surface area contributed by atoms with Gasteiger partial charge < -0.3 is 10.7 Å². The molecule has 1 saturated heterocycles. The first-order chi connectivity index (χ1) is 18.6. The van der Waals surface area contributed by atoms with E-state index in [-0.39, 0.29) is 17.6 Å². The number of rotatable bonds is 9. The zero-order valence-corrected chi connectivity index (χ0v) is 23.3. The molecule has 2 N–H and O–H groups in total. The van der Waals surface area contributed by atoms with Crippen molar-refractivity contribution < 1.29 is 12.8 Å². The Morgan fingerprint density at radius 1 is 1.13 bits per heavy atom. The molecule has 9 heteroatoms. The summed E-state index contributed by atoms with van der Waals surface area (Å²) in [7, 11) is -3.59. The minimum Gasteiger partial charge on any atom is -0.355 e. The van der Waals surface area contributed by atoms with Crippen molar-refractivity contribution in [2.45, 2.75) is 32.6 Å². The summed E-state index contributed by atoms with van der Waals surface area (Å²) < 4.78 is 41.9.